The summed E-state index contributed by atoms with van der Waals surface area (Å²) < 4.78 is 7.36. The maximum atomic E-state index is 12.5. The molecule has 1 aromatic heterocycles. The van der Waals surface area contributed by atoms with Crippen LogP contribution in [0.15, 0.2) is 30.5 Å². The second kappa shape index (κ2) is 7.52. The summed E-state index contributed by atoms with van der Waals surface area (Å²) in [4.78, 5) is 26.5. The van der Waals surface area contributed by atoms with Gasteiger partial charge in [-0.05, 0) is 19.1 Å². The van der Waals surface area contributed by atoms with Gasteiger partial charge in [-0.3, -0.25) is 14.3 Å². The van der Waals surface area contributed by atoms with Crippen LogP contribution in [0.25, 0.3) is 0 Å². The van der Waals surface area contributed by atoms with Crippen molar-refractivity contribution >= 4 is 17.5 Å². The molecule has 7 heteroatoms. The molecule has 2 amide bonds. The third-order valence-corrected chi connectivity index (χ3v) is 5.24. The first kappa shape index (κ1) is 17.7. The van der Waals surface area contributed by atoms with Gasteiger partial charge in [0.2, 0.25) is 11.8 Å². The topological polar surface area (TPSA) is 76.5 Å². The number of nitrogens with zero attached hydrogens (tertiary/aromatic N) is 3. The number of aromatic nitrogens is 2. The first-order valence-corrected chi connectivity index (χ1v) is 9.38. The van der Waals surface area contributed by atoms with E-state index >= 15 is 0 Å². The molecule has 0 bridgehead atoms. The smallest absolute Gasteiger partial charge is 0.227 e. The van der Waals surface area contributed by atoms with Crippen molar-refractivity contribution in [2.45, 2.75) is 32.9 Å². The fourth-order valence-electron chi connectivity index (χ4n) is 3.69. The lowest BCUT2D eigenvalue weighted by Gasteiger charge is -2.17. The molecule has 2 aromatic rings. The molecule has 0 aliphatic carbocycles. The maximum Gasteiger partial charge on any atom is 0.227 e. The first-order chi connectivity index (χ1) is 13.1. The van der Waals surface area contributed by atoms with E-state index in [1.165, 1.54) is 5.69 Å². The van der Waals surface area contributed by atoms with Gasteiger partial charge in [0, 0.05) is 42.9 Å². The number of benzene rings is 1. The molecule has 1 saturated heterocycles. The Labute approximate surface area is 158 Å². The molecule has 3 heterocycles. The van der Waals surface area contributed by atoms with E-state index in [9.17, 15) is 9.59 Å². The van der Waals surface area contributed by atoms with Crippen molar-refractivity contribution in [1.82, 2.24) is 15.1 Å². The van der Waals surface area contributed by atoms with Crippen LogP contribution < -0.4 is 10.2 Å². The second-order valence-corrected chi connectivity index (χ2v) is 7.17. The number of hydrogen-bond donors (Lipinski definition) is 1. The number of anilines is 1. The minimum absolute atomic E-state index is 0.000138. The summed E-state index contributed by atoms with van der Waals surface area (Å²) in [6.07, 6.45) is 2.95. The van der Waals surface area contributed by atoms with Crippen LogP contribution in [0.1, 0.15) is 23.2 Å². The van der Waals surface area contributed by atoms with Crippen LogP contribution in [0, 0.1) is 12.8 Å². The maximum absolute atomic E-state index is 12.5. The Morgan fingerprint density at radius 2 is 2.15 bits per heavy atom. The summed E-state index contributed by atoms with van der Waals surface area (Å²) in [5.41, 5.74) is 4.32. The number of amides is 2. The normalized spacial score (nSPS) is 19.2. The van der Waals surface area contributed by atoms with E-state index in [2.05, 4.69) is 10.4 Å². The Kier molecular flexibility index (Phi) is 4.94. The molecule has 1 N–H and O–H groups in total. The zero-order valence-corrected chi connectivity index (χ0v) is 15.5. The van der Waals surface area contributed by atoms with Crippen molar-refractivity contribution in [3.8, 4) is 0 Å². The van der Waals surface area contributed by atoms with Crippen molar-refractivity contribution in [2.24, 2.45) is 5.92 Å². The zero-order chi connectivity index (χ0) is 18.8. The van der Waals surface area contributed by atoms with E-state index in [1.54, 1.807) is 4.90 Å². The third-order valence-electron chi connectivity index (χ3n) is 5.24. The van der Waals surface area contributed by atoms with Crippen LogP contribution >= 0.6 is 0 Å². The molecule has 142 valence electrons. The fraction of sp³-hybridized carbons (Fsp3) is 0.450. The molecular formula is C20H24N4O3. The van der Waals surface area contributed by atoms with E-state index in [0.29, 0.717) is 32.8 Å². The van der Waals surface area contributed by atoms with Crippen molar-refractivity contribution in [2.75, 3.05) is 24.6 Å². The number of nitrogens with one attached hydrogen (secondary N) is 1. The highest BCUT2D eigenvalue weighted by atomic mass is 16.5. The van der Waals surface area contributed by atoms with Gasteiger partial charge >= 0.3 is 0 Å². The second-order valence-electron chi connectivity index (χ2n) is 7.17. The van der Waals surface area contributed by atoms with Crippen molar-refractivity contribution in [3.05, 3.63) is 47.3 Å². The summed E-state index contributed by atoms with van der Waals surface area (Å²) in [6.45, 7) is 4.90. The van der Waals surface area contributed by atoms with Gasteiger partial charge in [0.05, 0.1) is 31.9 Å². The largest absolute Gasteiger partial charge is 0.376 e. The third kappa shape index (κ3) is 3.73. The van der Waals surface area contributed by atoms with Crippen LogP contribution in [-0.4, -0.2) is 41.3 Å². The monoisotopic (exact) mass is 368 g/mol. The number of aryl methyl sites for hydroxylation is 1. The molecule has 0 radical (unpaired) electrons. The van der Waals surface area contributed by atoms with Gasteiger partial charge < -0.3 is 15.0 Å². The number of fused-ring (bicyclic) bond motifs is 1. The highest BCUT2D eigenvalue weighted by molar-refractivity contribution is 6.00. The van der Waals surface area contributed by atoms with Crippen LogP contribution in [0.3, 0.4) is 0 Å². The van der Waals surface area contributed by atoms with Gasteiger partial charge in [0.1, 0.15) is 0 Å². The highest BCUT2D eigenvalue weighted by Crippen LogP contribution is 2.25. The number of carbonyl (C=O) groups excluding carboxylic acids is 2. The van der Waals surface area contributed by atoms with Gasteiger partial charge in [-0.25, -0.2) is 0 Å². The average molecular weight is 368 g/mol. The Morgan fingerprint density at radius 1 is 1.33 bits per heavy atom. The molecule has 1 aromatic carbocycles. The molecule has 4 rings (SSSR count). The van der Waals surface area contributed by atoms with Crippen LogP contribution in [-0.2, 0) is 33.9 Å². The number of ether oxygens (including phenoxy) is 1. The number of carbonyl (C=O) groups is 2. The van der Waals surface area contributed by atoms with E-state index in [-0.39, 0.29) is 24.2 Å². The number of rotatable bonds is 5. The van der Waals surface area contributed by atoms with Crippen molar-refractivity contribution < 1.29 is 14.3 Å². The Bertz CT molecular complexity index is 843. The molecule has 1 unspecified atom stereocenters. The minimum Gasteiger partial charge on any atom is -0.376 e. The molecule has 27 heavy (non-hydrogen) atoms. The lowest BCUT2D eigenvalue weighted by atomic mass is 10.1. The average Bonchev–Trinajstić information content (AvgIpc) is 3.26. The molecule has 1 atom stereocenters. The Morgan fingerprint density at radius 3 is 2.96 bits per heavy atom. The van der Waals surface area contributed by atoms with Crippen molar-refractivity contribution in [1.29, 1.82) is 0 Å². The summed E-state index contributed by atoms with van der Waals surface area (Å²) >= 11 is 0. The van der Waals surface area contributed by atoms with E-state index in [4.69, 9.17) is 4.74 Å². The predicted molar refractivity (Wildman–Crippen MR) is 100 cm³/mol. The minimum atomic E-state index is -0.307. The fourth-order valence-corrected chi connectivity index (χ4v) is 3.69. The summed E-state index contributed by atoms with van der Waals surface area (Å²) in [5, 5.41) is 7.35. The van der Waals surface area contributed by atoms with Gasteiger partial charge in [-0.1, -0.05) is 17.7 Å². The summed E-state index contributed by atoms with van der Waals surface area (Å²) in [6, 6.07) is 7.81. The van der Waals surface area contributed by atoms with Gasteiger partial charge in [0.15, 0.2) is 0 Å². The lowest BCUT2D eigenvalue weighted by Crippen LogP contribution is -2.35. The zero-order valence-electron chi connectivity index (χ0n) is 15.5. The van der Waals surface area contributed by atoms with Crippen molar-refractivity contribution in [3.63, 3.8) is 0 Å². The molecule has 2 aliphatic heterocycles. The molecule has 0 spiro atoms. The molecular weight excluding hydrogens is 344 g/mol. The molecule has 7 nitrogen and oxygen atoms in total. The summed E-state index contributed by atoms with van der Waals surface area (Å²) in [5.74, 6) is -0.374. The van der Waals surface area contributed by atoms with Gasteiger partial charge in [0.25, 0.3) is 0 Å². The van der Waals surface area contributed by atoms with Gasteiger partial charge in [-0.2, -0.15) is 5.10 Å². The highest BCUT2D eigenvalue weighted by Gasteiger charge is 2.34. The van der Waals surface area contributed by atoms with Crippen LogP contribution in [0.2, 0.25) is 0 Å². The predicted octanol–water partition coefficient (Wildman–Crippen LogP) is 1.43. The lowest BCUT2D eigenvalue weighted by molar-refractivity contribution is -0.126. The Hall–Kier alpha value is -2.67. The van der Waals surface area contributed by atoms with E-state index in [0.717, 1.165) is 23.2 Å². The first-order valence-electron chi connectivity index (χ1n) is 9.38. The van der Waals surface area contributed by atoms with Crippen LogP contribution in [0.4, 0.5) is 5.69 Å². The summed E-state index contributed by atoms with van der Waals surface area (Å²) in [7, 11) is 0. The molecule has 1 fully saturated rings. The molecule has 0 saturated carbocycles. The van der Waals surface area contributed by atoms with E-state index in [1.807, 2.05) is 42.1 Å². The SMILES string of the molecule is Cc1ccc(N2CC(C(=O)NCCn3ncc4c3CCOC4)CC2=O)cc1. The number of hydrogen-bond acceptors (Lipinski definition) is 4. The molecule has 2 aliphatic rings. The van der Waals surface area contributed by atoms with Gasteiger partial charge in [-0.15, -0.1) is 0 Å². The standard InChI is InChI=1S/C20H24N4O3/c1-14-2-4-17(5-3-14)23-12-15(10-19(23)25)20(26)21-7-8-24-18-6-9-27-13-16(18)11-22-24/h2-5,11,15H,6-10,12-13H2,1H3,(H,21,26). The van der Waals surface area contributed by atoms with Crippen LogP contribution in [0.5, 0.6) is 0 Å². The quantitative estimate of drug-likeness (QED) is 0.866. The van der Waals surface area contributed by atoms with E-state index < -0.39 is 0 Å². The Balaban J connectivity index is 1.31.